The number of para-hydroxylation sites is 1. The van der Waals surface area contributed by atoms with Crippen LogP contribution in [0, 0.1) is 0 Å². The average Bonchev–Trinajstić information content (AvgIpc) is 3.29. The molecule has 0 aliphatic carbocycles. The molecule has 6 heteroatoms. The third-order valence-corrected chi connectivity index (χ3v) is 4.50. The lowest BCUT2D eigenvalue weighted by Gasteiger charge is -2.34. The van der Waals surface area contributed by atoms with E-state index in [1.807, 2.05) is 52.2 Å². The predicted molar refractivity (Wildman–Crippen MR) is 90.8 cm³/mol. The summed E-state index contributed by atoms with van der Waals surface area (Å²) in [6.07, 6.45) is 3.77. The second-order valence-electron chi connectivity index (χ2n) is 6.05. The van der Waals surface area contributed by atoms with Gasteiger partial charge < -0.3 is 9.32 Å². The molecule has 1 fully saturated rings. The van der Waals surface area contributed by atoms with Crippen LogP contribution < -0.4 is 0 Å². The van der Waals surface area contributed by atoms with E-state index in [-0.39, 0.29) is 5.91 Å². The number of hydrogen-bond donors (Lipinski definition) is 0. The minimum Gasteiger partial charge on any atom is -0.451 e. The third-order valence-electron chi connectivity index (χ3n) is 4.50. The number of benzene rings is 1. The van der Waals surface area contributed by atoms with Crippen LogP contribution in [-0.4, -0.2) is 58.2 Å². The number of piperazine rings is 1. The molecule has 2 aromatic heterocycles. The fourth-order valence-electron chi connectivity index (χ4n) is 3.09. The van der Waals surface area contributed by atoms with Crippen molar-refractivity contribution in [3.8, 4) is 0 Å². The first-order valence-corrected chi connectivity index (χ1v) is 8.27. The summed E-state index contributed by atoms with van der Waals surface area (Å²) in [5.41, 5.74) is 0.763. The molecule has 1 amide bonds. The van der Waals surface area contributed by atoms with Crippen LogP contribution in [0.2, 0.25) is 0 Å². The molecule has 0 radical (unpaired) electrons. The van der Waals surface area contributed by atoms with Gasteiger partial charge in [0.25, 0.3) is 5.91 Å². The van der Waals surface area contributed by atoms with Crippen molar-refractivity contribution in [3.05, 3.63) is 54.6 Å². The van der Waals surface area contributed by atoms with E-state index < -0.39 is 0 Å². The largest absolute Gasteiger partial charge is 0.451 e. The van der Waals surface area contributed by atoms with Gasteiger partial charge in [-0.15, -0.1) is 0 Å². The molecule has 1 aliphatic heterocycles. The van der Waals surface area contributed by atoms with Gasteiger partial charge >= 0.3 is 0 Å². The summed E-state index contributed by atoms with van der Waals surface area (Å²) in [6.45, 7) is 5.06. The van der Waals surface area contributed by atoms with Gasteiger partial charge in [-0.1, -0.05) is 18.2 Å². The highest BCUT2D eigenvalue weighted by molar-refractivity contribution is 5.96. The van der Waals surface area contributed by atoms with Gasteiger partial charge in [-0.25, -0.2) is 0 Å². The number of carbonyl (C=O) groups excluding carboxylic acids is 1. The van der Waals surface area contributed by atoms with Crippen molar-refractivity contribution in [3.63, 3.8) is 0 Å². The van der Waals surface area contributed by atoms with Crippen molar-refractivity contribution < 1.29 is 9.21 Å². The Bertz CT molecular complexity index is 784. The fourth-order valence-corrected chi connectivity index (χ4v) is 3.09. The minimum absolute atomic E-state index is 0.0158. The van der Waals surface area contributed by atoms with Crippen molar-refractivity contribution in [2.75, 3.05) is 32.7 Å². The number of rotatable bonds is 4. The Hall–Kier alpha value is -2.60. The molecule has 1 saturated heterocycles. The smallest absolute Gasteiger partial charge is 0.289 e. The molecule has 4 rings (SSSR count). The van der Waals surface area contributed by atoms with Crippen LogP contribution in [0.4, 0.5) is 0 Å². The van der Waals surface area contributed by atoms with E-state index in [9.17, 15) is 4.79 Å². The minimum atomic E-state index is -0.0158. The lowest BCUT2D eigenvalue weighted by Crippen LogP contribution is -2.49. The maximum Gasteiger partial charge on any atom is 0.289 e. The second-order valence-corrected chi connectivity index (χ2v) is 6.05. The lowest BCUT2D eigenvalue weighted by atomic mass is 10.2. The van der Waals surface area contributed by atoms with Crippen molar-refractivity contribution in [1.29, 1.82) is 0 Å². The highest BCUT2D eigenvalue weighted by Gasteiger charge is 2.24. The van der Waals surface area contributed by atoms with Gasteiger partial charge in [0.2, 0.25) is 0 Å². The zero-order chi connectivity index (χ0) is 16.4. The third kappa shape index (κ3) is 3.05. The number of aromatic nitrogens is 2. The molecule has 0 saturated carbocycles. The number of furan rings is 1. The molecule has 124 valence electrons. The van der Waals surface area contributed by atoms with Crippen LogP contribution in [0.5, 0.6) is 0 Å². The highest BCUT2D eigenvalue weighted by Crippen LogP contribution is 2.20. The number of carbonyl (C=O) groups is 1. The van der Waals surface area contributed by atoms with Crippen LogP contribution in [0.25, 0.3) is 11.0 Å². The van der Waals surface area contributed by atoms with Crippen LogP contribution in [-0.2, 0) is 6.54 Å². The summed E-state index contributed by atoms with van der Waals surface area (Å²) in [4.78, 5) is 16.9. The highest BCUT2D eigenvalue weighted by atomic mass is 16.3. The number of fused-ring (bicyclic) bond motifs is 1. The Labute approximate surface area is 140 Å². The van der Waals surface area contributed by atoms with Crippen LogP contribution >= 0.6 is 0 Å². The quantitative estimate of drug-likeness (QED) is 0.737. The molecule has 1 aromatic carbocycles. The maximum atomic E-state index is 12.6. The van der Waals surface area contributed by atoms with Crippen molar-refractivity contribution >= 4 is 16.9 Å². The van der Waals surface area contributed by atoms with Gasteiger partial charge in [0.1, 0.15) is 5.58 Å². The zero-order valence-corrected chi connectivity index (χ0v) is 13.5. The zero-order valence-electron chi connectivity index (χ0n) is 13.5. The summed E-state index contributed by atoms with van der Waals surface area (Å²) in [6, 6.07) is 11.5. The van der Waals surface area contributed by atoms with E-state index >= 15 is 0 Å². The molecule has 0 unspecified atom stereocenters. The standard InChI is InChI=1S/C18H20N4O2/c23-18(17-14-15-4-1-2-5-16(15)24-17)21-11-8-20(9-12-21)10-13-22-7-3-6-19-22/h1-7,14H,8-13H2. The average molecular weight is 324 g/mol. The first-order chi connectivity index (χ1) is 11.8. The Morgan fingerprint density at radius 3 is 2.67 bits per heavy atom. The molecule has 0 atom stereocenters. The Balaban J connectivity index is 1.34. The van der Waals surface area contributed by atoms with Crippen LogP contribution in [0.1, 0.15) is 10.6 Å². The first-order valence-electron chi connectivity index (χ1n) is 8.27. The molecule has 0 spiro atoms. The van der Waals surface area contributed by atoms with Crippen LogP contribution in [0.3, 0.4) is 0 Å². The first kappa shape index (κ1) is 15.0. The predicted octanol–water partition coefficient (Wildman–Crippen LogP) is 2.09. The van der Waals surface area contributed by atoms with Crippen LogP contribution in [0.15, 0.2) is 53.2 Å². The van der Waals surface area contributed by atoms with E-state index in [2.05, 4.69) is 10.00 Å². The van der Waals surface area contributed by atoms with E-state index in [1.165, 1.54) is 0 Å². The topological polar surface area (TPSA) is 54.5 Å². The van der Waals surface area contributed by atoms with Crippen molar-refractivity contribution in [1.82, 2.24) is 19.6 Å². The molecule has 0 N–H and O–H groups in total. The van der Waals surface area contributed by atoms with E-state index in [0.717, 1.165) is 50.2 Å². The molecule has 0 bridgehead atoms. The molecule has 3 aromatic rings. The Morgan fingerprint density at radius 2 is 1.92 bits per heavy atom. The van der Waals surface area contributed by atoms with E-state index in [1.54, 1.807) is 6.20 Å². The molecule has 3 heterocycles. The number of nitrogens with zero attached hydrogens (tertiary/aromatic N) is 4. The van der Waals surface area contributed by atoms with Gasteiger partial charge in [0.05, 0.1) is 6.54 Å². The van der Waals surface area contributed by atoms with Gasteiger partial charge in [0.15, 0.2) is 5.76 Å². The second kappa shape index (κ2) is 6.49. The Morgan fingerprint density at radius 1 is 1.08 bits per heavy atom. The number of amides is 1. The van der Waals surface area contributed by atoms with Crippen molar-refractivity contribution in [2.45, 2.75) is 6.54 Å². The summed E-state index contributed by atoms with van der Waals surface area (Å²) in [7, 11) is 0. The van der Waals surface area contributed by atoms with Gasteiger partial charge in [-0.2, -0.15) is 5.10 Å². The van der Waals surface area contributed by atoms with Crippen molar-refractivity contribution in [2.24, 2.45) is 0 Å². The molecule has 24 heavy (non-hydrogen) atoms. The lowest BCUT2D eigenvalue weighted by molar-refractivity contribution is 0.0603. The summed E-state index contributed by atoms with van der Waals surface area (Å²) in [5, 5.41) is 5.19. The van der Waals surface area contributed by atoms with Gasteiger partial charge in [-0.05, 0) is 18.2 Å². The summed E-state index contributed by atoms with van der Waals surface area (Å²) >= 11 is 0. The molecule has 6 nitrogen and oxygen atoms in total. The Kier molecular flexibility index (Phi) is 4.04. The van der Waals surface area contributed by atoms with E-state index in [0.29, 0.717) is 5.76 Å². The monoisotopic (exact) mass is 324 g/mol. The number of hydrogen-bond acceptors (Lipinski definition) is 4. The van der Waals surface area contributed by atoms with E-state index in [4.69, 9.17) is 4.42 Å². The van der Waals surface area contributed by atoms with Gasteiger partial charge in [-0.3, -0.25) is 14.4 Å². The van der Waals surface area contributed by atoms with Gasteiger partial charge in [0, 0.05) is 50.5 Å². The maximum absolute atomic E-state index is 12.6. The summed E-state index contributed by atoms with van der Waals surface area (Å²) in [5.74, 6) is 0.416. The molecular formula is C18H20N4O2. The normalized spacial score (nSPS) is 15.9. The SMILES string of the molecule is O=C(c1cc2ccccc2o1)N1CCN(CCn2cccn2)CC1. The summed E-state index contributed by atoms with van der Waals surface area (Å²) < 4.78 is 7.63. The fraction of sp³-hybridized carbons (Fsp3) is 0.333. The molecular weight excluding hydrogens is 304 g/mol. The molecule has 1 aliphatic rings.